The summed E-state index contributed by atoms with van der Waals surface area (Å²) in [5.41, 5.74) is 2.10. The minimum Gasteiger partial charge on any atom is -0.493 e. The number of ether oxygens (including phenoxy) is 3. The quantitative estimate of drug-likeness (QED) is 0.516. The molecule has 3 rings (SSSR count). The van der Waals surface area contributed by atoms with Crippen molar-refractivity contribution in [2.45, 2.75) is 12.8 Å². The lowest BCUT2D eigenvalue weighted by Gasteiger charge is -2.22. The summed E-state index contributed by atoms with van der Waals surface area (Å²) < 4.78 is 16.0. The molecule has 0 N–H and O–H groups in total. The summed E-state index contributed by atoms with van der Waals surface area (Å²) in [5, 5.41) is 0. The first kappa shape index (κ1) is 22.7. The molecule has 2 aromatic rings. The van der Waals surface area contributed by atoms with E-state index < -0.39 is 5.91 Å². The normalized spacial score (nSPS) is 13.3. The minimum atomic E-state index is -0.404. The number of hydrogen-bond donors (Lipinski definition) is 0. The molecule has 32 heavy (non-hydrogen) atoms. The molecule has 0 spiro atoms. The Labute approximate surface area is 188 Å². The fourth-order valence-corrected chi connectivity index (χ4v) is 3.28. The van der Waals surface area contributed by atoms with Crippen LogP contribution in [0.4, 0.5) is 0 Å². The van der Waals surface area contributed by atoms with E-state index in [0.29, 0.717) is 47.8 Å². The molecule has 6 heteroatoms. The third-order valence-corrected chi connectivity index (χ3v) is 4.91. The number of hydrogen-bond acceptors (Lipinski definition) is 5. The Morgan fingerprint density at radius 2 is 1.75 bits per heavy atom. The van der Waals surface area contributed by atoms with Crippen molar-refractivity contribution in [2.75, 3.05) is 27.9 Å². The summed E-state index contributed by atoms with van der Waals surface area (Å²) in [5.74, 6) is 6.58. The van der Waals surface area contributed by atoms with Gasteiger partial charge in [0.25, 0.3) is 11.8 Å². The van der Waals surface area contributed by atoms with Gasteiger partial charge in [0.05, 0.1) is 26.9 Å². The number of carbonyl (C=O) groups excluding carboxylic acids is 2. The van der Waals surface area contributed by atoms with Gasteiger partial charge in [0.15, 0.2) is 11.5 Å². The highest BCUT2D eigenvalue weighted by Gasteiger charge is 2.25. The van der Waals surface area contributed by atoms with Gasteiger partial charge in [0, 0.05) is 19.0 Å². The zero-order chi connectivity index (χ0) is 22.9. The van der Waals surface area contributed by atoms with Gasteiger partial charge in [-0.2, -0.15) is 0 Å². The maximum atomic E-state index is 12.7. The molecule has 0 bridgehead atoms. The Balaban J connectivity index is 1.71. The molecular formula is C26H25NO5. The lowest BCUT2D eigenvalue weighted by atomic mass is 10.1. The Hall–Kier alpha value is -3.98. The number of imide groups is 1. The zero-order valence-electron chi connectivity index (χ0n) is 18.4. The van der Waals surface area contributed by atoms with Crippen molar-refractivity contribution in [1.82, 2.24) is 4.90 Å². The Morgan fingerprint density at radius 1 is 1.06 bits per heavy atom. The number of carbonyl (C=O) groups is 2. The number of benzene rings is 2. The van der Waals surface area contributed by atoms with Crippen LogP contribution in [0.5, 0.6) is 17.2 Å². The lowest BCUT2D eigenvalue weighted by molar-refractivity contribution is -0.139. The van der Waals surface area contributed by atoms with E-state index in [9.17, 15) is 9.59 Å². The zero-order valence-corrected chi connectivity index (χ0v) is 18.4. The van der Waals surface area contributed by atoms with E-state index in [1.165, 1.54) is 32.3 Å². The standard InChI is InChI=1S/C26H25NO5/c1-30-22-17-20(18-23(31-2)25(22)32-3)14-15-24(28)27-16-8-13-21(26(27)29)12-7-11-19-9-5-4-6-10-19/h4-6,9-10,13-15,17-18H,8,11,16H2,1-3H3. The first-order valence-corrected chi connectivity index (χ1v) is 10.1. The second-order valence-electron chi connectivity index (χ2n) is 6.96. The summed E-state index contributed by atoms with van der Waals surface area (Å²) >= 11 is 0. The van der Waals surface area contributed by atoms with Gasteiger partial charge in [-0.1, -0.05) is 48.2 Å². The number of amides is 2. The van der Waals surface area contributed by atoms with E-state index in [2.05, 4.69) is 11.8 Å². The van der Waals surface area contributed by atoms with E-state index >= 15 is 0 Å². The number of methoxy groups -OCH3 is 3. The molecule has 2 amide bonds. The van der Waals surface area contributed by atoms with Gasteiger partial charge in [-0.05, 0) is 35.8 Å². The number of rotatable bonds is 6. The van der Waals surface area contributed by atoms with Crippen molar-refractivity contribution in [3.05, 3.63) is 71.3 Å². The third kappa shape index (κ3) is 5.38. The van der Waals surface area contributed by atoms with Crippen LogP contribution in [0.1, 0.15) is 17.5 Å². The lowest BCUT2D eigenvalue weighted by Crippen LogP contribution is -2.39. The SMILES string of the molecule is COc1cc(C=CC(=O)N2CCC=C(C#CCc3ccccc3)C2=O)cc(OC)c1OC. The van der Waals surface area contributed by atoms with Gasteiger partial charge in [-0.15, -0.1) is 0 Å². The second-order valence-corrected chi connectivity index (χ2v) is 6.96. The molecule has 1 heterocycles. The predicted molar refractivity (Wildman–Crippen MR) is 122 cm³/mol. The maximum absolute atomic E-state index is 12.7. The Bertz CT molecular complexity index is 1080. The summed E-state index contributed by atoms with van der Waals surface area (Å²) in [6.45, 7) is 0.321. The largest absolute Gasteiger partial charge is 0.493 e. The molecule has 0 atom stereocenters. The van der Waals surface area contributed by atoms with Gasteiger partial charge < -0.3 is 14.2 Å². The van der Waals surface area contributed by atoms with Crippen LogP contribution in [0.2, 0.25) is 0 Å². The first-order valence-electron chi connectivity index (χ1n) is 10.1. The van der Waals surface area contributed by atoms with Gasteiger partial charge >= 0.3 is 0 Å². The van der Waals surface area contributed by atoms with Crippen LogP contribution >= 0.6 is 0 Å². The van der Waals surface area contributed by atoms with Crippen molar-refractivity contribution >= 4 is 17.9 Å². The van der Waals surface area contributed by atoms with Crippen molar-refractivity contribution < 1.29 is 23.8 Å². The summed E-state index contributed by atoms with van der Waals surface area (Å²) in [4.78, 5) is 26.7. The topological polar surface area (TPSA) is 65.1 Å². The van der Waals surface area contributed by atoms with Crippen LogP contribution in [-0.2, 0) is 16.0 Å². The number of nitrogens with zero attached hydrogens (tertiary/aromatic N) is 1. The van der Waals surface area contributed by atoms with E-state index in [4.69, 9.17) is 14.2 Å². The molecule has 0 radical (unpaired) electrons. The molecule has 6 nitrogen and oxygen atoms in total. The van der Waals surface area contributed by atoms with Gasteiger partial charge in [-0.25, -0.2) is 0 Å². The van der Waals surface area contributed by atoms with Crippen LogP contribution in [0.3, 0.4) is 0 Å². The van der Waals surface area contributed by atoms with Gasteiger partial charge in [-0.3, -0.25) is 14.5 Å². The molecule has 164 valence electrons. The maximum Gasteiger partial charge on any atom is 0.268 e. The summed E-state index contributed by atoms with van der Waals surface area (Å²) in [6.07, 6.45) is 5.87. The molecule has 0 unspecified atom stereocenters. The van der Waals surface area contributed by atoms with Crippen LogP contribution in [-0.4, -0.2) is 44.6 Å². The average molecular weight is 431 g/mol. The van der Waals surface area contributed by atoms with E-state index in [1.54, 1.807) is 24.3 Å². The first-order chi connectivity index (χ1) is 15.6. The highest BCUT2D eigenvalue weighted by Crippen LogP contribution is 2.38. The third-order valence-electron chi connectivity index (χ3n) is 4.91. The van der Waals surface area contributed by atoms with E-state index in [-0.39, 0.29) is 5.91 Å². The molecule has 0 fully saturated rings. The van der Waals surface area contributed by atoms with Crippen molar-refractivity contribution in [1.29, 1.82) is 0 Å². The van der Waals surface area contributed by atoms with E-state index in [1.807, 2.05) is 30.3 Å². The van der Waals surface area contributed by atoms with E-state index in [0.717, 1.165) is 5.56 Å². The molecule has 2 aromatic carbocycles. The smallest absolute Gasteiger partial charge is 0.268 e. The second kappa shape index (κ2) is 10.9. The Kier molecular flexibility index (Phi) is 7.71. The van der Waals surface area contributed by atoms with Crippen LogP contribution < -0.4 is 14.2 Å². The molecule has 1 aliphatic heterocycles. The molecule has 0 aliphatic carbocycles. The monoisotopic (exact) mass is 431 g/mol. The van der Waals surface area contributed by atoms with Gasteiger partial charge in [0.2, 0.25) is 5.75 Å². The van der Waals surface area contributed by atoms with Crippen LogP contribution in [0.15, 0.2) is 60.2 Å². The highest BCUT2D eigenvalue weighted by molar-refractivity contribution is 6.11. The van der Waals surface area contributed by atoms with Crippen molar-refractivity contribution in [3.8, 4) is 29.1 Å². The minimum absolute atomic E-state index is 0.321. The molecular weight excluding hydrogens is 406 g/mol. The van der Waals surface area contributed by atoms with Crippen LogP contribution in [0, 0.1) is 11.8 Å². The summed E-state index contributed by atoms with van der Waals surface area (Å²) in [6, 6.07) is 13.3. The summed E-state index contributed by atoms with van der Waals surface area (Å²) in [7, 11) is 4.57. The average Bonchev–Trinajstić information content (AvgIpc) is 2.83. The Morgan fingerprint density at radius 3 is 2.38 bits per heavy atom. The predicted octanol–water partition coefficient (Wildman–Crippen LogP) is 3.66. The highest BCUT2D eigenvalue weighted by atomic mass is 16.5. The molecule has 0 aromatic heterocycles. The fourth-order valence-electron chi connectivity index (χ4n) is 3.28. The van der Waals surface area contributed by atoms with Gasteiger partial charge in [0.1, 0.15) is 0 Å². The van der Waals surface area contributed by atoms with Crippen LogP contribution in [0.25, 0.3) is 6.08 Å². The van der Waals surface area contributed by atoms with Crippen molar-refractivity contribution in [2.24, 2.45) is 0 Å². The van der Waals surface area contributed by atoms with Crippen molar-refractivity contribution in [3.63, 3.8) is 0 Å². The fraction of sp³-hybridized carbons (Fsp3) is 0.231. The molecule has 0 saturated heterocycles. The molecule has 1 aliphatic rings. The molecule has 0 saturated carbocycles.